The van der Waals surface area contributed by atoms with E-state index < -0.39 is 0 Å². The standard InChI is InChI=1S/C11H14N2OS/c1-8(14)9-4-6-12-10(13-9)11(2)5-3-7-15-11/h4,6H,3,5,7H2,1-2H3. The molecule has 0 saturated carbocycles. The maximum absolute atomic E-state index is 11.2. The Morgan fingerprint density at radius 3 is 3.00 bits per heavy atom. The maximum Gasteiger partial charge on any atom is 0.178 e. The molecule has 1 atom stereocenters. The molecule has 1 fully saturated rings. The minimum Gasteiger partial charge on any atom is -0.293 e. The van der Waals surface area contributed by atoms with Gasteiger partial charge in [-0.3, -0.25) is 4.79 Å². The highest BCUT2D eigenvalue weighted by Crippen LogP contribution is 2.44. The second-order valence-corrected chi connectivity index (χ2v) is 5.60. The molecule has 15 heavy (non-hydrogen) atoms. The molecule has 0 bridgehead atoms. The Bertz CT molecular complexity index is 386. The van der Waals surface area contributed by atoms with Gasteiger partial charge in [0.05, 0.1) is 4.75 Å². The lowest BCUT2D eigenvalue weighted by Crippen LogP contribution is -2.18. The van der Waals surface area contributed by atoms with Crippen molar-refractivity contribution >= 4 is 17.5 Å². The molecular weight excluding hydrogens is 208 g/mol. The molecule has 1 unspecified atom stereocenters. The van der Waals surface area contributed by atoms with Gasteiger partial charge in [0.15, 0.2) is 5.78 Å². The Morgan fingerprint density at radius 2 is 2.40 bits per heavy atom. The molecule has 3 nitrogen and oxygen atoms in total. The predicted octanol–water partition coefficient (Wildman–Crippen LogP) is 2.42. The van der Waals surface area contributed by atoms with Crippen molar-refractivity contribution in [2.24, 2.45) is 0 Å². The highest BCUT2D eigenvalue weighted by Gasteiger charge is 2.34. The van der Waals surface area contributed by atoms with E-state index in [0.29, 0.717) is 5.69 Å². The fraction of sp³-hybridized carbons (Fsp3) is 0.545. The zero-order valence-electron chi connectivity index (χ0n) is 8.99. The average Bonchev–Trinajstić information content (AvgIpc) is 2.67. The molecule has 1 aromatic rings. The fourth-order valence-electron chi connectivity index (χ4n) is 1.77. The van der Waals surface area contributed by atoms with Crippen molar-refractivity contribution in [1.29, 1.82) is 0 Å². The minimum atomic E-state index is 0.00486. The smallest absolute Gasteiger partial charge is 0.178 e. The number of ketones is 1. The van der Waals surface area contributed by atoms with Crippen LogP contribution in [0.1, 0.15) is 43.0 Å². The number of carbonyl (C=O) groups excluding carboxylic acids is 1. The summed E-state index contributed by atoms with van der Waals surface area (Å²) in [7, 11) is 0. The second kappa shape index (κ2) is 3.93. The summed E-state index contributed by atoms with van der Waals surface area (Å²) in [5.74, 6) is 1.97. The number of rotatable bonds is 2. The second-order valence-electron chi connectivity index (χ2n) is 4.00. The van der Waals surface area contributed by atoms with Crippen molar-refractivity contribution in [3.05, 3.63) is 23.8 Å². The van der Waals surface area contributed by atoms with Crippen LogP contribution in [0.4, 0.5) is 0 Å². The first-order valence-electron chi connectivity index (χ1n) is 5.10. The van der Waals surface area contributed by atoms with Crippen LogP contribution in [0.5, 0.6) is 0 Å². The number of nitrogens with zero attached hydrogens (tertiary/aromatic N) is 2. The molecule has 4 heteroatoms. The highest BCUT2D eigenvalue weighted by molar-refractivity contribution is 8.00. The van der Waals surface area contributed by atoms with Crippen molar-refractivity contribution in [3.8, 4) is 0 Å². The Hall–Kier alpha value is -0.900. The summed E-state index contributed by atoms with van der Waals surface area (Å²) in [6.07, 6.45) is 3.98. The van der Waals surface area contributed by atoms with Gasteiger partial charge in [-0.25, -0.2) is 9.97 Å². The highest BCUT2D eigenvalue weighted by atomic mass is 32.2. The molecule has 0 radical (unpaired) electrons. The summed E-state index contributed by atoms with van der Waals surface area (Å²) in [6.45, 7) is 3.69. The lowest BCUT2D eigenvalue weighted by Gasteiger charge is -2.20. The van der Waals surface area contributed by atoms with E-state index in [0.717, 1.165) is 18.0 Å². The van der Waals surface area contributed by atoms with Crippen LogP contribution in [0, 0.1) is 0 Å². The van der Waals surface area contributed by atoms with E-state index in [-0.39, 0.29) is 10.5 Å². The van der Waals surface area contributed by atoms with Crippen molar-refractivity contribution in [2.75, 3.05) is 5.75 Å². The van der Waals surface area contributed by atoms with Gasteiger partial charge in [-0.1, -0.05) is 0 Å². The molecule has 2 rings (SSSR count). The first-order chi connectivity index (χ1) is 7.12. The van der Waals surface area contributed by atoms with Crippen molar-refractivity contribution < 1.29 is 4.79 Å². The van der Waals surface area contributed by atoms with Crippen LogP contribution in [0.15, 0.2) is 12.3 Å². The predicted molar refractivity (Wildman–Crippen MR) is 61.1 cm³/mol. The zero-order chi connectivity index (χ0) is 10.9. The molecule has 1 saturated heterocycles. The summed E-state index contributed by atoms with van der Waals surface area (Å²) in [4.78, 5) is 19.9. The lowest BCUT2D eigenvalue weighted by atomic mass is 10.0. The molecule has 0 amide bonds. The van der Waals surface area contributed by atoms with Crippen LogP contribution >= 0.6 is 11.8 Å². The number of carbonyl (C=O) groups is 1. The number of hydrogen-bond donors (Lipinski definition) is 0. The van der Waals surface area contributed by atoms with Crippen LogP contribution in [-0.2, 0) is 4.75 Å². The average molecular weight is 222 g/mol. The number of Topliss-reactive ketones (excluding diaryl/α,β-unsaturated/α-hetero) is 1. The monoisotopic (exact) mass is 222 g/mol. The number of aromatic nitrogens is 2. The molecule has 0 aromatic carbocycles. The molecule has 0 N–H and O–H groups in total. The minimum absolute atomic E-state index is 0.00486. The Kier molecular flexibility index (Phi) is 2.78. The van der Waals surface area contributed by atoms with Crippen molar-refractivity contribution in [1.82, 2.24) is 9.97 Å². The SMILES string of the molecule is CC(=O)c1ccnc(C2(C)CCCS2)n1. The molecule has 1 aliphatic rings. The Balaban J connectivity index is 2.36. The third-order valence-corrected chi connectivity index (χ3v) is 4.22. The van der Waals surface area contributed by atoms with E-state index in [1.165, 1.54) is 13.3 Å². The van der Waals surface area contributed by atoms with Gasteiger partial charge in [0, 0.05) is 13.1 Å². The molecule has 0 spiro atoms. The molecule has 0 aliphatic carbocycles. The van der Waals surface area contributed by atoms with E-state index in [4.69, 9.17) is 0 Å². The molecule has 1 aromatic heterocycles. The molecule has 80 valence electrons. The van der Waals surface area contributed by atoms with Crippen molar-refractivity contribution in [2.45, 2.75) is 31.4 Å². The molecule has 1 aliphatic heterocycles. The largest absolute Gasteiger partial charge is 0.293 e. The number of thioether (sulfide) groups is 1. The Labute approximate surface area is 93.7 Å². The summed E-state index contributed by atoms with van der Waals surface area (Å²) in [6, 6.07) is 1.68. The van der Waals surface area contributed by atoms with E-state index in [1.807, 2.05) is 11.8 Å². The number of hydrogen-bond acceptors (Lipinski definition) is 4. The first kappa shape index (κ1) is 10.6. The van der Waals surface area contributed by atoms with Crippen molar-refractivity contribution in [3.63, 3.8) is 0 Å². The quantitative estimate of drug-likeness (QED) is 0.721. The van der Waals surface area contributed by atoms with Crippen LogP contribution in [0.25, 0.3) is 0 Å². The third-order valence-electron chi connectivity index (χ3n) is 2.71. The van der Waals surface area contributed by atoms with Crippen LogP contribution in [0.3, 0.4) is 0 Å². The van der Waals surface area contributed by atoms with Gasteiger partial charge in [0.25, 0.3) is 0 Å². The van der Waals surface area contributed by atoms with Gasteiger partial charge in [0.2, 0.25) is 0 Å². The Morgan fingerprint density at radius 1 is 1.60 bits per heavy atom. The maximum atomic E-state index is 11.2. The summed E-state index contributed by atoms with van der Waals surface area (Å²) >= 11 is 1.88. The van der Waals surface area contributed by atoms with E-state index in [1.54, 1.807) is 12.3 Å². The van der Waals surface area contributed by atoms with Gasteiger partial charge in [-0.05, 0) is 31.6 Å². The zero-order valence-corrected chi connectivity index (χ0v) is 9.80. The van der Waals surface area contributed by atoms with Gasteiger partial charge in [-0.2, -0.15) is 0 Å². The van der Waals surface area contributed by atoms with E-state index >= 15 is 0 Å². The first-order valence-corrected chi connectivity index (χ1v) is 6.09. The fourth-order valence-corrected chi connectivity index (χ4v) is 3.02. The van der Waals surface area contributed by atoms with Gasteiger partial charge in [-0.15, -0.1) is 11.8 Å². The van der Waals surface area contributed by atoms with E-state index in [9.17, 15) is 4.79 Å². The summed E-state index contributed by atoms with van der Waals surface area (Å²) in [5.41, 5.74) is 0.522. The molecule has 2 heterocycles. The van der Waals surface area contributed by atoms with Crippen LogP contribution < -0.4 is 0 Å². The lowest BCUT2D eigenvalue weighted by molar-refractivity contribution is 0.101. The van der Waals surface area contributed by atoms with Gasteiger partial charge >= 0.3 is 0 Å². The summed E-state index contributed by atoms with van der Waals surface area (Å²) < 4.78 is 0.00542. The van der Waals surface area contributed by atoms with Crippen LogP contribution in [0.2, 0.25) is 0 Å². The topological polar surface area (TPSA) is 42.9 Å². The summed E-state index contributed by atoms with van der Waals surface area (Å²) in [5, 5.41) is 0. The van der Waals surface area contributed by atoms with Gasteiger partial charge in [0.1, 0.15) is 11.5 Å². The van der Waals surface area contributed by atoms with Gasteiger partial charge < -0.3 is 0 Å². The van der Waals surface area contributed by atoms with E-state index in [2.05, 4.69) is 16.9 Å². The normalized spacial score (nSPS) is 25.5. The third kappa shape index (κ3) is 2.04. The van der Waals surface area contributed by atoms with Crippen LogP contribution in [-0.4, -0.2) is 21.5 Å². The molecular formula is C11H14N2OS.